The zero-order valence-corrected chi connectivity index (χ0v) is 16.5. The van der Waals surface area contributed by atoms with Gasteiger partial charge in [-0.05, 0) is 59.5 Å². The monoisotopic (exact) mass is 374 g/mol. The van der Waals surface area contributed by atoms with Crippen molar-refractivity contribution in [3.8, 4) is 16.9 Å². The maximum Gasteiger partial charge on any atom is 0.221 e. The number of benzene rings is 3. The molecule has 0 aliphatic carbocycles. The Bertz CT molecular complexity index is 935. The molecule has 0 saturated heterocycles. The number of nitrogens with one attached hydrogen (secondary N) is 2. The van der Waals surface area contributed by atoms with Crippen molar-refractivity contribution in [2.45, 2.75) is 26.4 Å². The minimum atomic E-state index is -0.0670. The minimum absolute atomic E-state index is 0.0670. The fraction of sp³-hybridized carbons (Fsp3) is 0.208. The Morgan fingerprint density at radius 3 is 2.32 bits per heavy atom. The van der Waals surface area contributed by atoms with E-state index in [0.717, 1.165) is 29.1 Å². The molecule has 28 heavy (non-hydrogen) atoms. The smallest absolute Gasteiger partial charge is 0.221 e. The van der Waals surface area contributed by atoms with Crippen molar-refractivity contribution in [3.63, 3.8) is 0 Å². The van der Waals surface area contributed by atoms with Gasteiger partial charge in [-0.3, -0.25) is 4.79 Å². The van der Waals surface area contributed by atoms with Crippen molar-refractivity contribution in [3.05, 3.63) is 83.9 Å². The second-order valence-corrected chi connectivity index (χ2v) is 6.84. The molecular formula is C24H26N2O2. The molecule has 1 amide bonds. The van der Waals surface area contributed by atoms with E-state index >= 15 is 0 Å². The number of ether oxygens (including phenoxy) is 1. The van der Waals surface area contributed by atoms with E-state index in [0.29, 0.717) is 0 Å². The summed E-state index contributed by atoms with van der Waals surface area (Å²) in [5.74, 6) is 0.799. The normalized spacial score (nSPS) is 11.7. The van der Waals surface area contributed by atoms with Gasteiger partial charge in [-0.25, -0.2) is 0 Å². The van der Waals surface area contributed by atoms with E-state index in [-0.39, 0.29) is 11.9 Å². The van der Waals surface area contributed by atoms with Crippen LogP contribution < -0.4 is 15.4 Å². The summed E-state index contributed by atoms with van der Waals surface area (Å²) in [6.07, 6.45) is 0. The van der Waals surface area contributed by atoms with Crippen LogP contribution in [0.4, 0.5) is 5.69 Å². The minimum Gasteiger partial charge on any atom is -0.497 e. The molecule has 144 valence electrons. The molecule has 0 saturated carbocycles. The van der Waals surface area contributed by atoms with E-state index in [9.17, 15) is 4.79 Å². The Kier molecular flexibility index (Phi) is 6.45. The Labute approximate surface area is 166 Å². The van der Waals surface area contributed by atoms with Crippen LogP contribution in [0.5, 0.6) is 5.75 Å². The first-order valence-electron chi connectivity index (χ1n) is 9.39. The van der Waals surface area contributed by atoms with Gasteiger partial charge in [-0.1, -0.05) is 42.5 Å². The SMILES string of the molecule is COc1ccc(C(C)NCc2cccc(-c3cccc(NC(C)=O)c3)c2)cc1. The van der Waals surface area contributed by atoms with Crippen molar-refractivity contribution in [1.82, 2.24) is 5.32 Å². The molecule has 0 aromatic heterocycles. The second kappa shape index (κ2) is 9.20. The maximum absolute atomic E-state index is 11.3. The lowest BCUT2D eigenvalue weighted by molar-refractivity contribution is -0.114. The third-order valence-corrected chi connectivity index (χ3v) is 4.67. The highest BCUT2D eigenvalue weighted by molar-refractivity contribution is 5.89. The molecule has 4 heteroatoms. The molecule has 1 atom stereocenters. The predicted octanol–water partition coefficient (Wildman–Crippen LogP) is 5.17. The van der Waals surface area contributed by atoms with Gasteiger partial charge in [-0.2, -0.15) is 0 Å². The van der Waals surface area contributed by atoms with Crippen LogP contribution in [-0.2, 0) is 11.3 Å². The molecule has 2 N–H and O–H groups in total. The molecule has 0 spiro atoms. The van der Waals surface area contributed by atoms with Crippen molar-refractivity contribution < 1.29 is 9.53 Å². The average Bonchev–Trinajstić information content (AvgIpc) is 2.72. The predicted molar refractivity (Wildman–Crippen MR) is 114 cm³/mol. The third-order valence-electron chi connectivity index (χ3n) is 4.67. The molecular weight excluding hydrogens is 348 g/mol. The number of anilines is 1. The Hall–Kier alpha value is -3.11. The highest BCUT2D eigenvalue weighted by Crippen LogP contribution is 2.24. The van der Waals surface area contributed by atoms with Crippen LogP contribution in [0.3, 0.4) is 0 Å². The van der Waals surface area contributed by atoms with Gasteiger partial charge in [0.1, 0.15) is 5.75 Å². The summed E-state index contributed by atoms with van der Waals surface area (Å²) in [4.78, 5) is 11.3. The maximum atomic E-state index is 11.3. The van der Waals surface area contributed by atoms with E-state index in [4.69, 9.17) is 4.74 Å². The van der Waals surface area contributed by atoms with Crippen LogP contribution in [0, 0.1) is 0 Å². The standard InChI is InChI=1S/C24H26N2O2/c1-17(20-10-12-24(28-3)13-11-20)25-16-19-6-4-7-21(14-19)22-8-5-9-23(15-22)26-18(2)27/h4-15,17,25H,16H2,1-3H3,(H,26,27). The van der Waals surface area contributed by atoms with E-state index < -0.39 is 0 Å². The van der Waals surface area contributed by atoms with Crippen molar-refractivity contribution >= 4 is 11.6 Å². The van der Waals surface area contributed by atoms with Gasteiger partial charge in [-0.15, -0.1) is 0 Å². The van der Waals surface area contributed by atoms with Gasteiger partial charge >= 0.3 is 0 Å². The molecule has 3 aromatic carbocycles. The van der Waals surface area contributed by atoms with E-state index in [2.05, 4.69) is 60.0 Å². The quantitative estimate of drug-likeness (QED) is 0.600. The molecule has 0 radical (unpaired) electrons. The molecule has 3 aromatic rings. The zero-order chi connectivity index (χ0) is 19.9. The topological polar surface area (TPSA) is 50.4 Å². The van der Waals surface area contributed by atoms with Gasteiger partial charge in [0.25, 0.3) is 0 Å². The number of rotatable bonds is 7. The van der Waals surface area contributed by atoms with Gasteiger partial charge in [0, 0.05) is 25.2 Å². The van der Waals surface area contributed by atoms with Crippen molar-refractivity contribution in [2.75, 3.05) is 12.4 Å². The van der Waals surface area contributed by atoms with E-state index in [1.807, 2.05) is 30.3 Å². The van der Waals surface area contributed by atoms with Gasteiger partial charge in [0.05, 0.1) is 7.11 Å². The van der Waals surface area contributed by atoms with Crippen LogP contribution in [0.25, 0.3) is 11.1 Å². The molecule has 3 rings (SSSR count). The molecule has 0 fully saturated rings. The summed E-state index contributed by atoms with van der Waals surface area (Å²) in [6.45, 7) is 4.44. The number of hydrogen-bond donors (Lipinski definition) is 2. The highest BCUT2D eigenvalue weighted by Gasteiger charge is 2.06. The van der Waals surface area contributed by atoms with Crippen LogP contribution in [0.1, 0.15) is 31.0 Å². The third kappa shape index (κ3) is 5.21. The number of amides is 1. The summed E-state index contributed by atoms with van der Waals surface area (Å²) in [5.41, 5.74) is 5.45. The van der Waals surface area contributed by atoms with E-state index in [1.54, 1.807) is 7.11 Å². The van der Waals surface area contributed by atoms with Crippen molar-refractivity contribution in [1.29, 1.82) is 0 Å². The lowest BCUT2D eigenvalue weighted by Crippen LogP contribution is -2.18. The number of hydrogen-bond acceptors (Lipinski definition) is 3. The summed E-state index contributed by atoms with van der Waals surface area (Å²) in [5, 5.41) is 6.41. The average molecular weight is 374 g/mol. The highest BCUT2D eigenvalue weighted by atomic mass is 16.5. The largest absolute Gasteiger partial charge is 0.497 e. The fourth-order valence-corrected chi connectivity index (χ4v) is 3.12. The number of carbonyl (C=O) groups excluding carboxylic acids is 1. The molecule has 0 bridgehead atoms. The molecule has 0 heterocycles. The summed E-state index contributed by atoms with van der Waals surface area (Å²) >= 11 is 0. The summed E-state index contributed by atoms with van der Waals surface area (Å²) < 4.78 is 5.22. The first-order valence-corrected chi connectivity index (χ1v) is 9.39. The first kappa shape index (κ1) is 19.6. The molecule has 0 aliphatic rings. The van der Waals surface area contributed by atoms with Gasteiger partial charge in [0.2, 0.25) is 5.91 Å². The Morgan fingerprint density at radius 2 is 1.64 bits per heavy atom. The Balaban J connectivity index is 1.68. The second-order valence-electron chi connectivity index (χ2n) is 6.84. The van der Waals surface area contributed by atoms with Gasteiger partial charge in [0.15, 0.2) is 0 Å². The van der Waals surface area contributed by atoms with E-state index in [1.165, 1.54) is 18.1 Å². The van der Waals surface area contributed by atoms with Crippen LogP contribution >= 0.6 is 0 Å². The lowest BCUT2D eigenvalue weighted by Gasteiger charge is -2.15. The molecule has 4 nitrogen and oxygen atoms in total. The van der Waals surface area contributed by atoms with Crippen LogP contribution in [0.2, 0.25) is 0 Å². The zero-order valence-electron chi connectivity index (χ0n) is 16.5. The van der Waals surface area contributed by atoms with Crippen LogP contribution in [0.15, 0.2) is 72.8 Å². The first-order chi connectivity index (χ1) is 13.5. The number of methoxy groups -OCH3 is 1. The summed E-state index contributed by atoms with van der Waals surface area (Å²) in [6, 6.07) is 24.7. The lowest BCUT2D eigenvalue weighted by atomic mass is 10.0. The summed E-state index contributed by atoms with van der Waals surface area (Å²) in [7, 11) is 1.68. The molecule has 0 aliphatic heterocycles. The fourth-order valence-electron chi connectivity index (χ4n) is 3.12. The van der Waals surface area contributed by atoms with Crippen molar-refractivity contribution in [2.24, 2.45) is 0 Å². The van der Waals surface area contributed by atoms with Crippen LogP contribution in [-0.4, -0.2) is 13.0 Å². The molecule has 1 unspecified atom stereocenters. The Morgan fingerprint density at radius 1 is 0.964 bits per heavy atom. The van der Waals surface area contributed by atoms with Gasteiger partial charge < -0.3 is 15.4 Å². The number of carbonyl (C=O) groups is 1.